The summed E-state index contributed by atoms with van der Waals surface area (Å²) in [7, 11) is 6.22. The van der Waals surface area contributed by atoms with Crippen LogP contribution in [0.2, 0.25) is 0 Å². The number of halogens is 2. The number of benzene rings is 1. The van der Waals surface area contributed by atoms with Crippen molar-refractivity contribution in [2.24, 2.45) is 13.0 Å². The van der Waals surface area contributed by atoms with Crippen molar-refractivity contribution in [3.63, 3.8) is 0 Å². The minimum atomic E-state index is 0. The molecule has 1 spiro atoms. The van der Waals surface area contributed by atoms with E-state index in [1.54, 1.807) is 7.11 Å². The summed E-state index contributed by atoms with van der Waals surface area (Å²) in [6, 6.07) is 7.30. The summed E-state index contributed by atoms with van der Waals surface area (Å²) in [6.45, 7) is 1.15. The smallest absolute Gasteiger partial charge is 0.166 e. The van der Waals surface area contributed by atoms with Gasteiger partial charge in [0.15, 0.2) is 11.5 Å². The highest BCUT2D eigenvalue weighted by Gasteiger charge is 2.65. The van der Waals surface area contributed by atoms with Gasteiger partial charge >= 0.3 is 0 Å². The molecule has 1 aromatic carbocycles. The molecular weight excluding hydrogens is 383 g/mol. The Morgan fingerprint density at radius 1 is 1.11 bits per heavy atom. The molecule has 1 aromatic heterocycles. The van der Waals surface area contributed by atoms with E-state index in [0.717, 1.165) is 24.5 Å². The van der Waals surface area contributed by atoms with E-state index in [2.05, 4.69) is 48.0 Å². The highest BCUT2D eigenvalue weighted by atomic mass is 35.5. The van der Waals surface area contributed by atoms with Crippen molar-refractivity contribution < 1.29 is 9.47 Å². The number of methoxy groups -OCH3 is 1. The normalized spacial score (nSPS) is 31.7. The summed E-state index contributed by atoms with van der Waals surface area (Å²) in [5, 5.41) is 0. The van der Waals surface area contributed by atoms with Crippen molar-refractivity contribution in [2.75, 3.05) is 20.7 Å². The van der Waals surface area contributed by atoms with Crippen molar-refractivity contribution in [2.45, 2.75) is 36.8 Å². The number of nitrogens with zero attached hydrogens (tertiary/aromatic N) is 2. The Kier molecular flexibility index (Phi) is 4.26. The first-order valence-corrected chi connectivity index (χ1v) is 9.36. The average molecular weight is 409 g/mol. The predicted molar refractivity (Wildman–Crippen MR) is 110 cm³/mol. The van der Waals surface area contributed by atoms with Gasteiger partial charge in [0, 0.05) is 30.3 Å². The SMILES string of the molecule is COc1ccc2c3c1OC1c4c(ccn4C)CC4C(C2)N(C)CCC314.Cl.Cl. The maximum absolute atomic E-state index is 6.74. The molecule has 4 unspecified atom stereocenters. The van der Waals surface area contributed by atoms with Gasteiger partial charge in [0.2, 0.25) is 0 Å². The van der Waals surface area contributed by atoms with Gasteiger partial charge in [0.05, 0.1) is 12.8 Å². The summed E-state index contributed by atoms with van der Waals surface area (Å²) >= 11 is 0. The molecule has 2 aromatic rings. The molecule has 4 nitrogen and oxygen atoms in total. The van der Waals surface area contributed by atoms with Crippen LogP contribution < -0.4 is 9.47 Å². The van der Waals surface area contributed by atoms with Crippen molar-refractivity contribution >= 4 is 24.8 Å². The molecular formula is C21H26Cl2N2O2. The summed E-state index contributed by atoms with van der Waals surface area (Å²) in [6.07, 6.45) is 5.81. The third-order valence-corrected chi connectivity index (χ3v) is 7.49. The Bertz CT molecular complexity index is 912. The lowest BCUT2D eigenvalue weighted by atomic mass is 9.52. The molecule has 6 rings (SSSR count). The third-order valence-electron chi connectivity index (χ3n) is 7.49. The van der Waals surface area contributed by atoms with Gasteiger partial charge in [-0.3, -0.25) is 0 Å². The van der Waals surface area contributed by atoms with Crippen LogP contribution in [0.3, 0.4) is 0 Å². The molecule has 2 bridgehead atoms. The molecule has 146 valence electrons. The van der Waals surface area contributed by atoms with Crippen molar-refractivity contribution in [3.8, 4) is 11.5 Å². The predicted octanol–water partition coefficient (Wildman–Crippen LogP) is 3.68. The van der Waals surface area contributed by atoms with Crippen molar-refractivity contribution in [1.82, 2.24) is 9.47 Å². The number of aromatic nitrogens is 1. The second-order valence-electron chi connectivity index (χ2n) is 8.32. The third kappa shape index (κ3) is 2.04. The number of piperidine rings is 1. The van der Waals surface area contributed by atoms with E-state index in [4.69, 9.17) is 9.47 Å². The minimum absolute atomic E-state index is 0. The molecule has 4 aliphatic rings. The number of aryl methyl sites for hydroxylation is 1. The Hall–Kier alpha value is -1.36. The Balaban J connectivity index is 0.000000900. The van der Waals surface area contributed by atoms with E-state index in [1.807, 2.05) is 0 Å². The van der Waals surface area contributed by atoms with Crippen LogP contribution in [0.1, 0.15) is 34.9 Å². The van der Waals surface area contributed by atoms with Crippen molar-refractivity contribution in [3.05, 3.63) is 46.8 Å². The number of likely N-dealkylation sites (N-methyl/N-ethyl adjacent to an activating group) is 1. The highest BCUT2D eigenvalue weighted by Crippen LogP contribution is 2.67. The maximum atomic E-state index is 6.74. The first kappa shape index (κ1) is 19.0. The van der Waals surface area contributed by atoms with Gasteiger partial charge < -0.3 is 18.9 Å². The molecule has 1 saturated heterocycles. The lowest BCUT2D eigenvalue weighted by Gasteiger charge is -2.57. The minimum Gasteiger partial charge on any atom is -0.493 e. The molecule has 2 aliphatic carbocycles. The number of ether oxygens (including phenoxy) is 2. The molecule has 0 saturated carbocycles. The molecule has 0 N–H and O–H groups in total. The van der Waals surface area contributed by atoms with Gasteiger partial charge in [-0.25, -0.2) is 0 Å². The van der Waals surface area contributed by atoms with E-state index in [0.29, 0.717) is 12.0 Å². The van der Waals surface area contributed by atoms with Gasteiger partial charge in [-0.2, -0.15) is 0 Å². The molecule has 6 heteroatoms. The highest BCUT2D eigenvalue weighted by molar-refractivity contribution is 5.85. The Labute approximate surface area is 172 Å². The van der Waals surface area contributed by atoms with Gasteiger partial charge in [0.25, 0.3) is 0 Å². The van der Waals surface area contributed by atoms with E-state index in [-0.39, 0.29) is 36.3 Å². The van der Waals surface area contributed by atoms with Crippen LogP contribution in [-0.4, -0.2) is 36.2 Å². The van der Waals surface area contributed by atoms with E-state index >= 15 is 0 Å². The molecule has 1 fully saturated rings. The Morgan fingerprint density at radius 2 is 1.93 bits per heavy atom. The fourth-order valence-electron chi connectivity index (χ4n) is 6.41. The van der Waals surface area contributed by atoms with Crippen LogP contribution >= 0.6 is 24.8 Å². The average Bonchev–Trinajstić information content (AvgIpc) is 3.14. The zero-order valence-corrected chi connectivity index (χ0v) is 17.5. The number of rotatable bonds is 1. The van der Waals surface area contributed by atoms with Crippen LogP contribution in [0.4, 0.5) is 0 Å². The summed E-state index contributed by atoms with van der Waals surface area (Å²) in [5.41, 5.74) is 5.92. The summed E-state index contributed by atoms with van der Waals surface area (Å²) in [4.78, 5) is 2.59. The zero-order chi connectivity index (χ0) is 16.9. The number of fused-ring (bicyclic) bond motifs is 2. The lowest BCUT2D eigenvalue weighted by molar-refractivity contribution is -0.0267. The molecule has 27 heavy (non-hydrogen) atoms. The van der Waals surface area contributed by atoms with Crippen molar-refractivity contribution in [1.29, 1.82) is 0 Å². The van der Waals surface area contributed by atoms with Gasteiger partial charge in [0.1, 0.15) is 6.10 Å². The van der Waals surface area contributed by atoms with E-state index in [9.17, 15) is 0 Å². The van der Waals surface area contributed by atoms with Crippen LogP contribution in [-0.2, 0) is 25.3 Å². The first-order valence-electron chi connectivity index (χ1n) is 9.36. The second kappa shape index (κ2) is 6.07. The van der Waals surface area contributed by atoms with Crippen LogP contribution in [0.5, 0.6) is 11.5 Å². The molecule has 0 radical (unpaired) electrons. The number of hydrogen-bond acceptors (Lipinski definition) is 3. The summed E-state index contributed by atoms with van der Waals surface area (Å²) < 4.78 is 14.7. The maximum Gasteiger partial charge on any atom is 0.166 e. The van der Waals surface area contributed by atoms with E-state index in [1.165, 1.54) is 35.2 Å². The monoisotopic (exact) mass is 408 g/mol. The van der Waals surface area contributed by atoms with E-state index < -0.39 is 0 Å². The second-order valence-corrected chi connectivity index (χ2v) is 8.32. The number of hydrogen-bond donors (Lipinski definition) is 0. The summed E-state index contributed by atoms with van der Waals surface area (Å²) in [5.74, 6) is 2.55. The topological polar surface area (TPSA) is 26.6 Å². The zero-order valence-electron chi connectivity index (χ0n) is 15.9. The molecule has 0 amide bonds. The van der Waals surface area contributed by atoms with Crippen LogP contribution in [0.15, 0.2) is 24.4 Å². The van der Waals surface area contributed by atoms with Gasteiger partial charge in [-0.1, -0.05) is 6.07 Å². The quantitative estimate of drug-likeness (QED) is 0.719. The van der Waals surface area contributed by atoms with Gasteiger partial charge in [-0.05, 0) is 62.0 Å². The fraction of sp³-hybridized carbons (Fsp3) is 0.524. The first-order chi connectivity index (χ1) is 12.1. The standard InChI is InChI=1S/C21H24N2O2.2ClH/c1-22-9-7-21-14-10-13-6-8-23(2)18(13)20(21)25-19-16(24-3)5-4-12(17(19)21)11-15(14)22;;/h4-6,8,14-15,20H,7,9-11H2,1-3H3;2*1H. The lowest BCUT2D eigenvalue weighted by Crippen LogP contribution is -2.62. The number of likely N-dealkylation sites (tertiary alicyclic amines) is 1. The van der Waals surface area contributed by atoms with Crippen LogP contribution in [0, 0.1) is 5.92 Å². The largest absolute Gasteiger partial charge is 0.493 e. The molecule has 2 aliphatic heterocycles. The van der Waals surface area contributed by atoms with Crippen LogP contribution in [0.25, 0.3) is 0 Å². The van der Waals surface area contributed by atoms with Gasteiger partial charge in [-0.15, -0.1) is 24.8 Å². The molecule has 3 heterocycles. The Morgan fingerprint density at radius 3 is 2.70 bits per heavy atom. The fourth-order valence-corrected chi connectivity index (χ4v) is 6.41. The molecule has 4 atom stereocenters.